The van der Waals surface area contributed by atoms with Crippen molar-refractivity contribution in [3.63, 3.8) is 0 Å². The summed E-state index contributed by atoms with van der Waals surface area (Å²) < 4.78 is 16.7. The molecule has 0 spiro atoms. The fourth-order valence-corrected chi connectivity index (χ4v) is 4.30. The number of likely N-dealkylation sites (tertiary alicyclic amines) is 1. The average Bonchev–Trinajstić information content (AvgIpc) is 3.09. The van der Waals surface area contributed by atoms with E-state index in [4.69, 9.17) is 14.2 Å². The van der Waals surface area contributed by atoms with Gasteiger partial charge in [0, 0.05) is 24.8 Å². The SMILES string of the molecule is CCOC(=O)c1ccccc1NC(=O)C[NH+]1CCC[C@H]1c1ccc2c(c1)OCCCO2. The third kappa shape index (κ3) is 4.99. The van der Waals surface area contributed by atoms with Crippen molar-refractivity contribution < 1.29 is 28.7 Å². The Hall–Kier alpha value is -3.06. The molecule has 31 heavy (non-hydrogen) atoms. The van der Waals surface area contributed by atoms with Crippen LogP contribution in [0.2, 0.25) is 0 Å². The van der Waals surface area contributed by atoms with Crippen LogP contribution in [0.5, 0.6) is 11.5 Å². The van der Waals surface area contributed by atoms with E-state index in [1.54, 1.807) is 31.2 Å². The first kappa shape index (κ1) is 21.2. The van der Waals surface area contributed by atoms with Gasteiger partial charge in [0.15, 0.2) is 18.0 Å². The number of ether oxygens (including phenoxy) is 3. The van der Waals surface area contributed by atoms with Crippen LogP contribution in [0.1, 0.15) is 48.1 Å². The molecule has 0 radical (unpaired) electrons. The second-order valence-corrected chi connectivity index (χ2v) is 7.85. The number of hydrogen-bond acceptors (Lipinski definition) is 5. The van der Waals surface area contributed by atoms with Crippen LogP contribution in [0.4, 0.5) is 5.69 Å². The third-order valence-electron chi connectivity index (χ3n) is 5.74. The molecule has 7 heteroatoms. The van der Waals surface area contributed by atoms with Crippen molar-refractivity contribution in [3.05, 3.63) is 53.6 Å². The highest BCUT2D eigenvalue weighted by molar-refractivity contribution is 6.01. The lowest BCUT2D eigenvalue weighted by atomic mass is 10.0. The van der Waals surface area contributed by atoms with Crippen LogP contribution in [0, 0.1) is 0 Å². The number of hydrogen-bond donors (Lipinski definition) is 2. The molecule has 0 bridgehead atoms. The summed E-state index contributed by atoms with van der Waals surface area (Å²) in [5.74, 6) is 1.02. The number of carbonyl (C=O) groups is 2. The van der Waals surface area contributed by atoms with E-state index in [-0.39, 0.29) is 18.6 Å². The maximum absolute atomic E-state index is 12.8. The molecule has 2 aliphatic heterocycles. The Kier molecular flexibility index (Phi) is 6.72. The van der Waals surface area contributed by atoms with Gasteiger partial charge < -0.3 is 24.4 Å². The van der Waals surface area contributed by atoms with E-state index in [2.05, 4.69) is 17.4 Å². The predicted octanol–water partition coefficient (Wildman–Crippen LogP) is 2.38. The molecule has 2 aromatic rings. The smallest absolute Gasteiger partial charge is 0.340 e. The Morgan fingerprint density at radius 2 is 1.90 bits per heavy atom. The van der Waals surface area contributed by atoms with E-state index in [1.165, 1.54) is 4.90 Å². The van der Waals surface area contributed by atoms with Gasteiger partial charge in [0.05, 0.1) is 37.6 Å². The quantitative estimate of drug-likeness (QED) is 0.695. The lowest BCUT2D eigenvalue weighted by Crippen LogP contribution is -3.11. The van der Waals surface area contributed by atoms with Gasteiger partial charge in [0.1, 0.15) is 6.04 Å². The number of para-hydroxylation sites is 1. The van der Waals surface area contributed by atoms with Gasteiger partial charge in [-0.1, -0.05) is 12.1 Å². The highest BCUT2D eigenvalue weighted by Crippen LogP contribution is 2.33. The molecule has 2 heterocycles. The van der Waals surface area contributed by atoms with Gasteiger partial charge in [0.25, 0.3) is 5.91 Å². The van der Waals surface area contributed by atoms with Crippen molar-refractivity contribution in [2.45, 2.75) is 32.2 Å². The van der Waals surface area contributed by atoms with Gasteiger partial charge in [0.2, 0.25) is 0 Å². The van der Waals surface area contributed by atoms with Gasteiger partial charge in [-0.2, -0.15) is 0 Å². The Morgan fingerprint density at radius 1 is 1.10 bits per heavy atom. The summed E-state index contributed by atoms with van der Waals surface area (Å²) in [6, 6.07) is 13.3. The van der Waals surface area contributed by atoms with E-state index in [1.807, 2.05) is 6.07 Å². The molecule has 1 unspecified atom stereocenters. The second-order valence-electron chi connectivity index (χ2n) is 7.85. The first-order valence-electron chi connectivity index (χ1n) is 11.0. The number of carbonyl (C=O) groups excluding carboxylic acids is 2. The second kappa shape index (κ2) is 9.83. The summed E-state index contributed by atoms with van der Waals surface area (Å²) in [5, 5.41) is 2.90. The van der Waals surface area contributed by atoms with Crippen LogP contribution < -0.4 is 19.7 Å². The van der Waals surface area contributed by atoms with Gasteiger partial charge >= 0.3 is 5.97 Å². The monoisotopic (exact) mass is 425 g/mol. The standard InChI is InChI=1S/C24H28N2O5/c1-2-29-24(28)18-7-3-4-8-19(18)25-23(27)16-26-12-5-9-20(26)17-10-11-21-22(15-17)31-14-6-13-30-21/h3-4,7-8,10-11,15,20H,2,5-6,9,12-14,16H2,1H3,(H,25,27)/p+1/t20-/m0/s1. The Balaban J connectivity index is 1.44. The number of anilines is 1. The summed E-state index contributed by atoms with van der Waals surface area (Å²) >= 11 is 0. The van der Waals surface area contributed by atoms with Gasteiger partial charge in [-0.15, -0.1) is 0 Å². The molecule has 2 N–H and O–H groups in total. The van der Waals surface area contributed by atoms with Crippen LogP contribution in [-0.4, -0.2) is 44.8 Å². The fourth-order valence-electron chi connectivity index (χ4n) is 4.30. The van der Waals surface area contributed by atoms with Crippen molar-refractivity contribution in [1.29, 1.82) is 0 Å². The zero-order valence-corrected chi connectivity index (χ0v) is 17.8. The number of rotatable bonds is 6. The molecular formula is C24H29N2O5+. The van der Waals surface area contributed by atoms with E-state index < -0.39 is 5.97 Å². The van der Waals surface area contributed by atoms with Gasteiger partial charge in [-0.25, -0.2) is 4.79 Å². The van der Waals surface area contributed by atoms with Crippen LogP contribution in [-0.2, 0) is 9.53 Å². The molecule has 7 nitrogen and oxygen atoms in total. The summed E-state index contributed by atoms with van der Waals surface area (Å²) in [5.41, 5.74) is 2.02. The average molecular weight is 426 g/mol. The Bertz CT molecular complexity index is 945. The minimum Gasteiger partial charge on any atom is -0.490 e. The summed E-state index contributed by atoms with van der Waals surface area (Å²) in [7, 11) is 0. The number of fused-ring (bicyclic) bond motifs is 1. The number of quaternary nitrogens is 1. The zero-order chi connectivity index (χ0) is 21.6. The molecule has 0 aromatic heterocycles. The van der Waals surface area contributed by atoms with Crippen molar-refractivity contribution >= 4 is 17.6 Å². The Labute approximate surface area is 182 Å². The number of amides is 1. The highest BCUT2D eigenvalue weighted by Gasteiger charge is 2.32. The van der Waals surface area contributed by atoms with Crippen LogP contribution in [0.15, 0.2) is 42.5 Å². The molecular weight excluding hydrogens is 396 g/mol. The lowest BCUT2D eigenvalue weighted by Gasteiger charge is -2.22. The predicted molar refractivity (Wildman–Crippen MR) is 116 cm³/mol. The first-order chi connectivity index (χ1) is 15.2. The minimum atomic E-state index is -0.433. The largest absolute Gasteiger partial charge is 0.490 e. The van der Waals surface area contributed by atoms with E-state index in [0.29, 0.717) is 31.0 Å². The number of esters is 1. The summed E-state index contributed by atoms with van der Waals surface area (Å²) in [4.78, 5) is 26.2. The van der Waals surface area contributed by atoms with E-state index in [9.17, 15) is 9.59 Å². The minimum absolute atomic E-state index is 0.118. The van der Waals surface area contributed by atoms with Crippen molar-refractivity contribution in [2.75, 3.05) is 38.2 Å². The maximum atomic E-state index is 12.8. The third-order valence-corrected chi connectivity index (χ3v) is 5.74. The van der Waals surface area contributed by atoms with E-state index >= 15 is 0 Å². The molecule has 1 amide bonds. The van der Waals surface area contributed by atoms with Gasteiger partial charge in [-0.05, 0) is 37.3 Å². The van der Waals surface area contributed by atoms with Crippen LogP contribution in [0.25, 0.3) is 0 Å². The summed E-state index contributed by atoms with van der Waals surface area (Å²) in [6.45, 7) is 4.62. The van der Waals surface area contributed by atoms with Crippen molar-refractivity contribution in [3.8, 4) is 11.5 Å². The highest BCUT2D eigenvalue weighted by atomic mass is 16.5. The number of benzene rings is 2. The zero-order valence-electron chi connectivity index (χ0n) is 17.8. The molecule has 4 rings (SSSR count). The molecule has 1 fully saturated rings. The normalized spacial score (nSPS) is 20.0. The first-order valence-corrected chi connectivity index (χ1v) is 11.0. The van der Waals surface area contributed by atoms with Crippen LogP contribution in [0.3, 0.4) is 0 Å². The Morgan fingerprint density at radius 3 is 2.74 bits per heavy atom. The maximum Gasteiger partial charge on any atom is 0.340 e. The topological polar surface area (TPSA) is 78.3 Å². The van der Waals surface area contributed by atoms with Gasteiger partial charge in [-0.3, -0.25) is 4.79 Å². The molecule has 2 aliphatic rings. The fraction of sp³-hybridized carbons (Fsp3) is 0.417. The van der Waals surface area contributed by atoms with Crippen molar-refractivity contribution in [2.24, 2.45) is 0 Å². The molecule has 1 saturated heterocycles. The molecule has 0 aliphatic carbocycles. The molecule has 2 aromatic carbocycles. The lowest BCUT2D eigenvalue weighted by molar-refractivity contribution is -0.910. The van der Waals surface area contributed by atoms with E-state index in [0.717, 1.165) is 42.9 Å². The molecule has 164 valence electrons. The molecule has 0 saturated carbocycles. The molecule has 2 atom stereocenters. The van der Waals surface area contributed by atoms with Crippen LogP contribution >= 0.6 is 0 Å². The van der Waals surface area contributed by atoms with Crippen molar-refractivity contribution in [1.82, 2.24) is 0 Å². The number of nitrogens with one attached hydrogen (secondary N) is 2. The summed E-state index contributed by atoms with van der Waals surface area (Å²) in [6.07, 6.45) is 2.95.